The van der Waals surface area contributed by atoms with E-state index in [1.807, 2.05) is 0 Å². The third kappa shape index (κ3) is 3.95. The molecule has 2 nitrogen and oxygen atoms in total. The van der Waals surface area contributed by atoms with Crippen LogP contribution in [0.3, 0.4) is 0 Å². The first-order chi connectivity index (χ1) is 7.67. The van der Waals surface area contributed by atoms with Gasteiger partial charge >= 0.3 is 0 Å². The first kappa shape index (κ1) is 13.2. The topological polar surface area (TPSA) is 32.3 Å². The summed E-state index contributed by atoms with van der Waals surface area (Å²) in [7, 11) is 0. The summed E-state index contributed by atoms with van der Waals surface area (Å²) in [4.78, 5) is 0. The molecule has 0 radical (unpaired) electrons. The zero-order chi connectivity index (χ0) is 12.0. The number of aliphatic hydroxyl groups excluding tert-OH is 1. The van der Waals surface area contributed by atoms with Crippen LogP contribution >= 0.6 is 0 Å². The molecule has 1 rings (SSSR count). The van der Waals surface area contributed by atoms with Crippen molar-refractivity contribution < 1.29 is 5.11 Å². The van der Waals surface area contributed by atoms with Crippen molar-refractivity contribution >= 4 is 0 Å². The zero-order valence-electron chi connectivity index (χ0n) is 10.5. The molecule has 0 saturated carbocycles. The minimum atomic E-state index is 0.200. The average molecular weight is 221 g/mol. The van der Waals surface area contributed by atoms with E-state index in [-0.39, 0.29) is 12.6 Å². The lowest BCUT2D eigenvalue weighted by Gasteiger charge is -2.22. The van der Waals surface area contributed by atoms with Gasteiger partial charge in [-0.1, -0.05) is 50.1 Å². The van der Waals surface area contributed by atoms with E-state index in [0.29, 0.717) is 5.92 Å². The quantitative estimate of drug-likeness (QED) is 0.773. The van der Waals surface area contributed by atoms with Gasteiger partial charge in [-0.3, -0.25) is 0 Å². The Kier molecular flexibility index (Phi) is 5.50. The van der Waals surface area contributed by atoms with Crippen LogP contribution < -0.4 is 5.32 Å². The van der Waals surface area contributed by atoms with Gasteiger partial charge in [-0.05, 0) is 18.4 Å². The Balaban J connectivity index is 2.46. The summed E-state index contributed by atoms with van der Waals surface area (Å²) >= 11 is 0. The summed E-state index contributed by atoms with van der Waals surface area (Å²) in [5, 5.41) is 12.7. The van der Waals surface area contributed by atoms with Gasteiger partial charge in [0.15, 0.2) is 0 Å². The standard InChI is InChI=1S/C14H23NO/c1-4-12(3)14(10-16)15-9-13-7-5-11(2)6-8-13/h5-8,12,14-16H,4,9-10H2,1-3H3. The van der Waals surface area contributed by atoms with Gasteiger partial charge in [0, 0.05) is 12.6 Å². The molecule has 0 bridgehead atoms. The monoisotopic (exact) mass is 221 g/mol. The predicted octanol–water partition coefficient (Wildman–Crippen LogP) is 2.49. The van der Waals surface area contributed by atoms with Crippen molar-refractivity contribution in [2.75, 3.05) is 6.61 Å². The van der Waals surface area contributed by atoms with Gasteiger partial charge in [0.1, 0.15) is 0 Å². The molecule has 1 aromatic rings. The van der Waals surface area contributed by atoms with Crippen molar-refractivity contribution in [1.29, 1.82) is 0 Å². The molecule has 2 unspecified atom stereocenters. The Morgan fingerprint density at radius 3 is 2.38 bits per heavy atom. The van der Waals surface area contributed by atoms with Crippen molar-refractivity contribution in [3.05, 3.63) is 35.4 Å². The second kappa shape index (κ2) is 6.66. The molecule has 0 aliphatic heterocycles. The Bertz CT molecular complexity index is 294. The molecular weight excluding hydrogens is 198 g/mol. The first-order valence-electron chi connectivity index (χ1n) is 6.07. The van der Waals surface area contributed by atoms with Gasteiger partial charge in [-0.2, -0.15) is 0 Å². The molecule has 2 N–H and O–H groups in total. The van der Waals surface area contributed by atoms with Gasteiger partial charge in [-0.25, -0.2) is 0 Å². The molecule has 0 aliphatic rings. The smallest absolute Gasteiger partial charge is 0.0587 e. The van der Waals surface area contributed by atoms with E-state index in [1.54, 1.807) is 0 Å². The molecule has 0 aliphatic carbocycles. The van der Waals surface area contributed by atoms with E-state index in [9.17, 15) is 5.11 Å². The second-order valence-corrected chi connectivity index (χ2v) is 4.54. The van der Waals surface area contributed by atoms with Crippen LogP contribution in [0.25, 0.3) is 0 Å². The van der Waals surface area contributed by atoms with Crippen molar-refractivity contribution in [3.63, 3.8) is 0 Å². The number of aliphatic hydroxyl groups is 1. The highest BCUT2D eigenvalue weighted by molar-refractivity contribution is 5.21. The fourth-order valence-corrected chi connectivity index (χ4v) is 1.69. The maximum absolute atomic E-state index is 9.29. The maximum atomic E-state index is 9.29. The lowest BCUT2D eigenvalue weighted by Crippen LogP contribution is -2.37. The van der Waals surface area contributed by atoms with E-state index in [0.717, 1.165) is 13.0 Å². The molecule has 0 amide bonds. The summed E-state index contributed by atoms with van der Waals surface area (Å²) < 4.78 is 0. The van der Waals surface area contributed by atoms with Crippen molar-refractivity contribution in [3.8, 4) is 0 Å². The van der Waals surface area contributed by atoms with E-state index < -0.39 is 0 Å². The van der Waals surface area contributed by atoms with Crippen LogP contribution in [-0.2, 0) is 6.54 Å². The second-order valence-electron chi connectivity index (χ2n) is 4.54. The van der Waals surface area contributed by atoms with Crippen molar-refractivity contribution in [2.45, 2.75) is 39.8 Å². The molecular formula is C14H23NO. The Labute approximate surface area is 98.7 Å². The van der Waals surface area contributed by atoms with Crippen molar-refractivity contribution in [1.82, 2.24) is 5.32 Å². The molecule has 0 heterocycles. The van der Waals surface area contributed by atoms with Crippen LogP contribution in [0.2, 0.25) is 0 Å². The zero-order valence-corrected chi connectivity index (χ0v) is 10.5. The number of hydrogen-bond donors (Lipinski definition) is 2. The normalized spacial score (nSPS) is 14.8. The summed E-state index contributed by atoms with van der Waals surface area (Å²) in [5.74, 6) is 0.510. The maximum Gasteiger partial charge on any atom is 0.0587 e. The molecule has 0 spiro atoms. The first-order valence-corrected chi connectivity index (χ1v) is 6.07. The highest BCUT2D eigenvalue weighted by Crippen LogP contribution is 2.09. The van der Waals surface area contributed by atoms with Crippen LogP contribution in [0.1, 0.15) is 31.4 Å². The Morgan fingerprint density at radius 1 is 1.25 bits per heavy atom. The Morgan fingerprint density at radius 2 is 1.88 bits per heavy atom. The van der Waals surface area contributed by atoms with Crippen LogP contribution in [0.4, 0.5) is 0 Å². The fraction of sp³-hybridized carbons (Fsp3) is 0.571. The fourth-order valence-electron chi connectivity index (χ4n) is 1.69. The van der Waals surface area contributed by atoms with E-state index in [2.05, 4.69) is 50.4 Å². The lowest BCUT2D eigenvalue weighted by molar-refractivity contribution is 0.201. The summed E-state index contributed by atoms with van der Waals surface area (Å²) in [6.07, 6.45) is 1.09. The van der Waals surface area contributed by atoms with Crippen LogP contribution in [0.15, 0.2) is 24.3 Å². The number of hydrogen-bond acceptors (Lipinski definition) is 2. The van der Waals surface area contributed by atoms with Gasteiger partial charge in [0.25, 0.3) is 0 Å². The van der Waals surface area contributed by atoms with Gasteiger partial charge in [0.05, 0.1) is 6.61 Å². The predicted molar refractivity (Wildman–Crippen MR) is 68.3 cm³/mol. The van der Waals surface area contributed by atoms with E-state index in [4.69, 9.17) is 0 Å². The Hall–Kier alpha value is -0.860. The van der Waals surface area contributed by atoms with Gasteiger partial charge < -0.3 is 10.4 Å². The van der Waals surface area contributed by atoms with Gasteiger partial charge in [-0.15, -0.1) is 0 Å². The minimum Gasteiger partial charge on any atom is -0.395 e. The van der Waals surface area contributed by atoms with Crippen LogP contribution in [-0.4, -0.2) is 17.8 Å². The van der Waals surface area contributed by atoms with Crippen LogP contribution in [0.5, 0.6) is 0 Å². The summed E-state index contributed by atoms with van der Waals surface area (Å²) in [6.45, 7) is 7.45. The van der Waals surface area contributed by atoms with Crippen molar-refractivity contribution in [2.24, 2.45) is 5.92 Å². The number of nitrogens with one attached hydrogen (secondary N) is 1. The third-order valence-electron chi connectivity index (χ3n) is 3.22. The lowest BCUT2D eigenvalue weighted by atomic mass is 9.99. The largest absolute Gasteiger partial charge is 0.395 e. The number of rotatable bonds is 6. The molecule has 1 aromatic carbocycles. The summed E-state index contributed by atoms with van der Waals surface area (Å²) in [6, 6.07) is 8.70. The molecule has 0 aromatic heterocycles. The average Bonchev–Trinajstić information content (AvgIpc) is 2.31. The molecule has 2 atom stereocenters. The molecule has 90 valence electrons. The van der Waals surface area contributed by atoms with Crippen LogP contribution in [0, 0.1) is 12.8 Å². The third-order valence-corrected chi connectivity index (χ3v) is 3.22. The molecule has 16 heavy (non-hydrogen) atoms. The molecule has 2 heteroatoms. The number of benzene rings is 1. The highest BCUT2D eigenvalue weighted by Gasteiger charge is 2.13. The highest BCUT2D eigenvalue weighted by atomic mass is 16.3. The SMILES string of the molecule is CCC(C)C(CO)NCc1ccc(C)cc1. The van der Waals surface area contributed by atoms with E-state index >= 15 is 0 Å². The minimum absolute atomic E-state index is 0.200. The van der Waals surface area contributed by atoms with E-state index in [1.165, 1.54) is 11.1 Å². The molecule has 0 saturated heterocycles. The van der Waals surface area contributed by atoms with Gasteiger partial charge in [0.2, 0.25) is 0 Å². The summed E-state index contributed by atoms with van der Waals surface area (Å²) in [5.41, 5.74) is 2.55. The molecule has 0 fully saturated rings. The number of aryl methyl sites for hydroxylation is 1.